The second kappa shape index (κ2) is 13.5. The zero-order chi connectivity index (χ0) is 21.5. The molecule has 0 heterocycles. The van der Waals surface area contributed by atoms with Crippen molar-refractivity contribution in [2.24, 2.45) is 0 Å². The predicted molar refractivity (Wildman–Crippen MR) is 172 cm³/mol. The van der Waals surface area contributed by atoms with Crippen molar-refractivity contribution in [3.05, 3.63) is 121 Å². The summed E-state index contributed by atoms with van der Waals surface area (Å²) in [6.45, 7) is 0. The molecule has 0 aliphatic rings. The van der Waals surface area contributed by atoms with Crippen LogP contribution in [-0.2, 0) is 0 Å². The molecule has 0 aromatic heterocycles. The minimum atomic E-state index is -3.31. The van der Waals surface area contributed by atoms with Crippen LogP contribution in [0.5, 0.6) is 0 Å². The SMILES string of the molecule is I.[CH3][Sn]([CH3])([I])[I].c1cc[c]([SbH]([c]2ccccc2)([c]2ccccc2)[c]2ccccc2)cc1. The molecule has 0 nitrogen and oxygen atoms in total. The molecule has 5 heteroatoms. The van der Waals surface area contributed by atoms with E-state index in [9.17, 15) is 0 Å². The standard InChI is InChI=1S/4C6H5.2CH3.3HI.Sb.Sn.H/c4*1-2-4-6-5-3-1;;;;;;;;/h4*1-5H;2*1H3;3*1H;;;/q;;;;;;;;;;+2;/p-2. The van der Waals surface area contributed by atoms with Crippen LogP contribution in [0.15, 0.2) is 121 Å². The summed E-state index contributed by atoms with van der Waals surface area (Å²) in [4.78, 5) is 4.74. The van der Waals surface area contributed by atoms with Gasteiger partial charge < -0.3 is 0 Å². The van der Waals surface area contributed by atoms with Gasteiger partial charge in [0.15, 0.2) is 0 Å². The van der Waals surface area contributed by atoms with Crippen LogP contribution in [0, 0.1) is 0 Å². The average molecular weight is 962 g/mol. The molecule has 0 aliphatic heterocycles. The van der Waals surface area contributed by atoms with Crippen molar-refractivity contribution in [3.63, 3.8) is 0 Å². The first-order chi connectivity index (χ1) is 14.4. The Balaban J connectivity index is 0.000000514. The maximum absolute atomic E-state index is 3.31. The number of benzene rings is 4. The van der Waals surface area contributed by atoms with Crippen LogP contribution in [0.25, 0.3) is 0 Å². The van der Waals surface area contributed by atoms with E-state index in [0.717, 1.165) is 0 Å². The van der Waals surface area contributed by atoms with Crippen LogP contribution in [-0.4, -0.2) is 29.2 Å². The van der Waals surface area contributed by atoms with E-state index < -0.39 is 29.2 Å². The quantitative estimate of drug-likeness (QED) is 0.175. The summed E-state index contributed by atoms with van der Waals surface area (Å²) in [5, 5.41) is 0. The van der Waals surface area contributed by atoms with Gasteiger partial charge in [-0.3, -0.25) is 0 Å². The van der Waals surface area contributed by atoms with E-state index in [0.29, 0.717) is 0 Å². The molecule has 0 aliphatic carbocycles. The molecule has 162 valence electrons. The molecular weight excluding hydrogens is 933 g/mol. The third-order valence-corrected chi connectivity index (χ3v) is 18.5. The van der Waals surface area contributed by atoms with Crippen molar-refractivity contribution < 1.29 is 0 Å². The van der Waals surface area contributed by atoms with Crippen molar-refractivity contribution in [1.82, 2.24) is 0 Å². The number of halogens is 3. The zero-order valence-corrected chi connectivity index (χ0v) is 30.1. The Bertz CT molecular complexity index is 852. The van der Waals surface area contributed by atoms with Crippen LogP contribution >= 0.6 is 61.2 Å². The summed E-state index contributed by atoms with van der Waals surface area (Å²) < 4.78 is 5.95. The second-order valence-electron chi connectivity index (χ2n) is 7.54. The summed E-state index contributed by atoms with van der Waals surface area (Å²) in [6, 6.07) is 44.4. The van der Waals surface area contributed by atoms with E-state index in [1.165, 1.54) is 14.0 Å². The molecule has 4 aromatic carbocycles. The molecule has 0 saturated carbocycles. The zero-order valence-electron chi connectivity index (χ0n) is 17.7. The molecule has 0 spiro atoms. The molecular formula is C26H28I3SbSn. The summed E-state index contributed by atoms with van der Waals surface area (Å²) in [6.07, 6.45) is 0. The Morgan fingerprint density at radius 3 is 0.774 bits per heavy atom. The summed E-state index contributed by atoms with van der Waals surface area (Å²) >= 11 is 1.84. The fourth-order valence-corrected chi connectivity index (χ4v) is 17.4. The van der Waals surface area contributed by atoms with Crippen molar-refractivity contribution in [1.29, 1.82) is 0 Å². The molecule has 0 radical (unpaired) electrons. The van der Waals surface area contributed by atoms with Crippen molar-refractivity contribution >= 4 is 105 Å². The van der Waals surface area contributed by atoms with Crippen molar-refractivity contribution in [2.75, 3.05) is 0 Å². The minimum absolute atomic E-state index is 0. The van der Waals surface area contributed by atoms with Crippen LogP contribution in [0.2, 0.25) is 9.88 Å². The van der Waals surface area contributed by atoms with Gasteiger partial charge in [0.1, 0.15) is 0 Å². The number of hydrogen-bond donors (Lipinski definition) is 0. The molecule has 0 atom stereocenters. The van der Waals surface area contributed by atoms with E-state index >= 15 is 0 Å². The Morgan fingerprint density at radius 1 is 0.452 bits per heavy atom. The molecule has 0 unspecified atom stereocenters. The Hall–Kier alpha value is 0.687. The molecule has 4 rings (SSSR count). The van der Waals surface area contributed by atoms with Gasteiger partial charge in [0.2, 0.25) is 0 Å². The monoisotopic (exact) mass is 962 g/mol. The fourth-order valence-electron chi connectivity index (χ4n) is 3.75. The van der Waals surface area contributed by atoms with E-state index in [4.69, 9.17) is 0 Å². The topological polar surface area (TPSA) is 0 Å². The molecule has 31 heavy (non-hydrogen) atoms. The van der Waals surface area contributed by atoms with Gasteiger partial charge in [-0.1, -0.05) is 0 Å². The van der Waals surface area contributed by atoms with Gasteiger partial charge in [0.25, 0.3) is 0 Å². The Morgan fingerprint density at radius 2 is 0.613 bits per heavy atom. The molecule has 4 aromatic rings. The predicted octanol–water partition coefficient (Wildman–Crippen LogP) is 5.97. The fraction of sp³-hybridized carbons (Fsp3) is 0.0769. The first kappa shape index (κ1) is 27.9. The van der Waals surface area contributed by atoms with Gasteiger partial charge in [0, 0.05) is 0 Å². The van der Waals surface area contributed by atoms with Crippen molar-refractivity contribution in [3.8, 4) is 0 Å². The van der Waals surface area contributed by atoms with Gasteiger partial charge in [-0.25, -0.2) is 0 Å². The Labute approximate surface area is 231 Å². The van der Waals surface area contributed by atoms with E-state index in [-0.39, 0.29) is 24.0 Å². The number of rotatable bonds is 4. The molecule has 0 bridgehead atoms. The molecule has 0 fully saturated rings. The van der Waals surface area contributed by atoms with Crippen molar-refractivity contribution in [2.45, 2.75) is 9.88 Å². The van der Waals surface area contributed by atoms with Gasteiger partial charge in [-0.05, 0) is 0 Å². The maximum atomic E-state index is 2.57. The van der Waals surface area contributed by atoms with Crippen LogP contribution in [0.4, 0.5) is 0 Å². The average Bonchev–Trinajstić information content (AvgIpc) is 2.76. The third-order valence-electron chi connectivity index (χ3n) is 4.83. The summed E-state index contributed by atoms with van der Waals surface area (Å²) in [5.74, 6) is 0. The normalized spacial score (nSPS) is 11.5. The van der Waals surface area contributed by atoms with Crippen LogP contribution in [0.1, 0.15) is 0 Å². The molecule has 0 saturated heterocycles. The van der Waals surface area contributed by atoms with Gasteiger partial charge in [0.05, 0.1) is 0 Å². The van der Waals surface area contributed by atoms with Crippen LogP contribution < -0.4 is 14.0 Å². The first-order valence-electron chi connectivity index (χ1n) is 10.0. The third kappa shape index (κ3) is 7.86. The van der Waals surface area contributed by atoms with Gasteiger partial charge in [-0.2, -0.15) is 0 Å². The summed E-state index contributed by atoms with van der Waals surface area (Å²) in [7, 11) is -1.24. The summed E-state index contributed by atoms with van der Waals surface area (Å²) in [5.41, 5.74) is 0. The Kier molecular flexibility index (Phi) is 12.2. The van der Waals surface area contributed by atoms with E-state index in [1.807, 2.05) is 0 Å². The van der Waals surface area contributed by atoms with E-state index in [2.05, 4.69) is 168 Å². The van der Waals surface area contributed by atoms with Gasteiger partial charge in [-0.15, -0.1) is 24.0 Å². The second-order valence-corrected chi connectivity index (χ2v) is 76.0. The molecule has 0 amide bonds. The van der Waals surface area contributed by atoms with E-state index in [1.54, 1.807) is 0 Å². The van der Waals surface area contributed by atoms with Crippen LogP contribution in [0.3, 0.4) is 0 Å². The number of hydrogen-bond acceptors (Lipinski definition) is 0. The first-order valence-corrected chi connectivity index (χ1v) is 38.1. The molecule has 0 N–H and O–H groups in total. The van der Waals surface area contributed by atoms with Gasteiger partial charge >= 0.3 is 212 Å².